The second-order valence-electron chi connectivity index (χ2n) is 5.12. The summed E-state index contributed by atoms with van der Waals surface area (Å²) in [5.74, 6) is 1.24. The number of nitrogens with one attached hydrogen (secondary N) is 1. The van der Waals surface area contributed by atoms with Crippen LogP contribution in [-0.2, 0) is 15.8 Å². The van der Waals surface area contributed by atoms with Crippen molar-refractivity contribution in [1.82, 2.24) is 9.71 Å². The number of aromatic nitrogens is 1. The summed E-state index contributed by atoms with van der Waals surface area (Å²) in [6, 6.07) is 4.77. The highest BCUT2D eigenvalue weighted by atomic mass is 32.2. The average Bonchev–Trinajstić information content (AvgIpc) is 3.07. The molecule has 0 spiro atoms. The molecule has 2 rings (SSSR count). The molecule has 0 amide bonds. The van der Waals surface area contributed by atoms with Crippen molar-refractivity contribution < 1.29 is 13.3 Å². The van der Waals surface area contributed by atoms with E-state index >= 15 is 0 Å². The number of nitro benzene ring substituents is 1. The molecule has 0 aliphatic heterocycles. The predicted octanol–water partition coefficient (Wildman–Crippen LogP) is 1.20. The van der Waals surface area contributed by atoms with Crippen LogP contribution in [0, 0.1) is 10.1 Å². The molecule has 0 aliphatic rings. The van der Waals surface area contributed by atoms with E-state index in [-0.39, 0.29) is 16.5 Å². The van der Waals surface area contributed by atoms with Crippen molar-refractivity contribution in [3.05, 3.63) is 45.5 Å². The molecule has 11 nitrogen and oxygen atoms in total. The molecule has 0 fully saturated rings. The summed E-state index contributed by atoms with van der Waals surface area (Å²) in [6.07, 6.45) is 1.06. The Hall–Kier alpha value is -2.71. The predicted molar refractivity (Wildman–Crippen MR) is 111 cm³/mol. The van der Waals surface area contributed by atoms with E-state index in [9.17, 15) is 18.5 Å². The molecule has 14 heteroatoms. The van der Waals surface area contributed by atoms with Crippen LogP contribution >= 0.6 is 23.1 Å². The van der Waals surface area contributed by atoms with Gasteiger partial charge in [-0.05, 0) is 6.07 Å². The number of guanidine groups is 1. The van der Waals surface area contributed by atoms with Gasteiger partial charge in [-0.15, -0.1) is 11.3 Å². The zero-order valence-corrected chi connectivity index (χ0v) is 16.8. The van der Waals surface area contributed by atoms with Crippen molar-refractivity contribution in [2.75, 3.05) is 12.3 Å². The van der Waals surface area contributed by atoms with E-state index in [1.807, 2.05) is 5.38 Å². The number of aliphatic imine (C=N–C) groups is 2. The number of thiazole rings is 1. The van der Waals surface area contributed by atoms with Crippen LogP contribution < -0.4 is 16.2 Å². The topological polar surface area (TPSA) is 179 Å². The van der Waals surface area contributed by atoms with Crippen LogP contribution in [0.4, 0.5) is 10.8 Å². The lowest BCUT2D eigenvalue weighted by atomic mass is 10.3. The first kappa shape index (κ1) is 21.6. The van der Waals surface area contributed by atoms with Gasteiger partial charge in [-0.3, -0.25) is 19.8 Å². The maximum Gasteiger partial charge on any atom is 0.270 e. The molecule has 0 aliphatic carbocycles. The van der Waals surface area contributed by atoms with Crippen molar-refractivity contribution in [3.63, 3.8) is 0 Å². The van der Waals surface area contributed by atoms with Crippen LogP contribution in [0.3, 0.4) is 0 Å². The Morgan fingerprint density at radius 3 is 2.93 bits per heavy atom. The van der Waals surface area contributed by atoms with Crippen LogP contribution in [0.25, 0.3) is 0 Å². The van der Waals surface area contributed by atoms with Crippen LogP contribution in [-0.4, -0.2) is 42.9 Å². The van der Waals surface area contributed by atoms with E-state index in [4.69, 9.17) is 11.5 Å². The van der Waals surface area contributed by atoms with Crippen molar-refractivity contribution in [3.8, 4) is 0 Å². The summed E-state index contributed by atoms with van der Waals surface area (Å²) < 4.78 is 26.4. The summed E-state index contributed by atoms with van der Waals surface area (Å²) in [7, 11) is -3.91. The number of sulfonamides is 1. The number of nitro groups is 1. The monoisotopic (exact) mass is 443 g/mol. The standard InChI is InChI=1S/C14H17N7O4S3/c15-13(16)20-14-19-10(8-27-14)7-26-5-4-17-9-18-28(24,25)12-3-1-2-11(6-12)21(22)23/h1-3,6,8-9H,4-5,7H2,(H,17,18)(H4,15,16,19,20). The lowest BCUT2D eigenvalue weighted by molar-refractivity contribution is -0.385. The van der Waals surface area contributed by atoms with Crippen molar-refractivity contribution in [1.29, 1.82) is 0 Å². The summed E-state index contributed by atoms with van der Waals surface area (Å²) >= 11 is 2.90. The number of rotatable bonds is 10. The van der Waals surface area contributed by atoms with Gasteiger partial charge in [-0.1, -0.05) is 6.07 Å². The van der Waals surface area contributed by atoms with Crippen LogP contribution in [0.2, 0.25) is 0 Å². The zero-order chi connectivity index (χ0) is 20.6. The third kappa shape index (κ3) is 6.79. The van der Waals surface area contributed by atoms with Crippen molar-refractivity contribution in [2.45, 2.75) is 10.6 Å². The van der Waals surface area contributed by atoms with Crippen molar-refractivity contribution >= 4 is 56.2 Å². The quantitative estimate of drug-likeness (QED) is 0.161. The lowest BCUT2D eigenvalue weighted by Crippen LogP contribution is -2.22. The van der Waals surface area contributed by atoms with E-state index in [1.54, 1.807) is 11.8 Å². The Morgan fingerprint density at radius 2 is 2.21 bits per heavy atom. The molecule has 150 valence electrons. The van der Waals surface area contributed by atoms with Gasteiger partial charge >= 0.3 is 0 Å². The van der Waals surface area contributed by atoms with Crippen molar-refractivity contribution in [2.24, 2.45) is 21.5 Å². The van der Waals surface area contributed by atoms with Gasteiger partial charge in [0.1, 0.15) is 0 Å². The minimum Gasteiger partial charge on any atom is -0.370 e. The first-order valence-corrected chi connectivity index (χ1v) is 11.2. The fraction of sp³-hybridized carbons (Fsp3) is 0.214. The van der Waals surface area contributed by atoms with Gasteiger partial charge in [-0.2, -0.15) is 16.8 Å². The van der Waals surface area contributed by atoms with Gasteiger partial charge in [0.15, 0.2) is 5.96 Å². The first-order chi connectivity index (χ1) is 13.3. The average molecular weight is 444 g/mol. The van der Waals surface area contributed by atoms with Crippen LogP contribution in [0.5, 0.6) is 0 Å². The molecule has 1 aromatic carbocycles. The molecule has 1 aromatic heterocycles. The summed E-state index contributed by atoms with van der Waals surface area (Å²) in [5.41, 5.74) is 11.1. The SMILES string of the molecule is NC(N)=Nc1nc(CSCCN=CNS(=O)(=O)c2cccc([N+](=O)[O-])c2)cs1. The highest BCUT2D eigenvalue weighted by molar-refractivity contribution is 7.98. The Labute approximate surface area is 169 Å². The van der Waals surface area contributed by atoms with Crippen LogP contribution in [0.15, 0.2) is 44.5 Å². The van der Waals surface area contributed by atoms with Gasteiger partial charge in [0.25, 0.3) is 15.7 Å². The molecular formula is C14H17N7O4S3. The molecule has 0 saturated heterocycles. The molecule has 5 N–H and O–H groups in total. The van der Waals surface area contributed by atoms with E-state index in [0.717, 1.165) is 18.1 Å². The molecule has 0 atom stereocenters. The Balaban J connectivity index is 1.76. The molecular weight excluding hydrogens is 426 g/mol. The van der Waals surface area contributed by atoms with E-state index in [0.29, 0.717) is 23.2 Å². The molecule has 0 unspecified atom stereocenters. The van der Waals surface area contributed by atoms with E-state index < -0.39 is 14.9 Å². The third-order valence-corrected chi connectivity index (χ3v) is 6.06. The van der Waals surface area contributed by atoms with Gasteiger partial charge in [0.05, 0.1) is 21.9 Å². The minimum absolute atomic E-state index is 0.0459. The smallest absolute Gasteiger partial charge is 0.270 e. The molecule has 0 saturated carbocycles. The second kappa shape index (κ2) is 10.0. The number of hydrogen-bond donors (Lipinski definition) is 3. The molecule has 28 heavy (non-hydrogen) atoms. The van der Waals surface area contributed by atoms with Gasteiger partial charge < -0.3 is 11.5 Å². The number of nitrogens with two attached hydrogens (primary N) is 2. The van der Waals surface area contributed by atoms with E-state index in [2.05, 4.69) is 19.7 Å². The molecule has 0 radical (unpaired) electrons. The fourth-order valence-corrected chi connectivity index (χ4v) is 4.25. The number of non-ortho nitro benzene ring substituents is 1. The number of nitrogens with zero attached hydrogens (tertiary/aromatic N) is 4. The summed E-state index contributed by atoms with van der Waals surface area (Å²) in [4.78, 5) is 21.9. The lowest BCUT2D eigenvalue weighted by Gasteiger charge is -2.03. The normalized spacial score (nSPS) is 11.4. The first-order valence-electron chi connectivity index (χ1n) is 7.65. The summed E-state index contributed by atoms with van der Waals surface area (Å²) in [5, 5.41) is 13.1. The number of thioether (sulfide) groups is 1. The van der Waals surface area contributed by atoms with Gasteiger partial charge in [-0.25, -0.2) is 13.4 Å². The van der Waals surface area contributed by atoms with Gasteiger partial charge in [0, 0.05) is 35.6 Å². The molecule has 1 heterocycles. The number of hydrogen-bond acceptors (Lipinski definition) is 9. The fourth-order valence-electron chi connectivity index (χ4n) is 1.82. The minimum atomic E-state index is -3.91. The molecule has 2 aromatic rings. The maximum absolute atomic E-state index is 12.1. The Morgan fingerprint density at radius 1 is 1.43 bits per heavy atom. The second-order valence-corrected chi connectivity index (χ2v) is 8.78. The largest absolute Gasteiger partial charge is 0.370 e. The zero-order valence-electron chi connectivity index (χ0n) is 14.4. The Kier molecular flexibility index (Phi) is 7.71. The highest BCUT2D eigenvalue weighted by Gasteiger charge is 2.16. The van der Waals surface area contributed by atoms with Gasteiger partial charge in [0.2, 0.25) is 5.13 Å². The Bertz CT molecular complexity index is 984. The van der Waals surface area contributed by atoms with Crippen LogP contribution in [0.1, 0.15) is 5.69 Å². The maximum atomic E-state index is 12.1. The summed E-state index contributed by atoms with van der Waals surface area (Å²) in [6.45, 7) is 0.382. The molecule has 0 bridgehead atoms. The number of benzene rings is 1. The van der Waals surface area contributed by atoms with E-state index in [1.165, 1.54) is 29.5 Å². The third-order valence-electron chi connectivity index (χ3n) is 3.02. The highest BCUT2D eigenvalue weighted by Crippen LogP contribution is 2.21.